The summed E-state index contributed by atoms with van der Waals surface area (Å²) in [5, 5.41) is 0. The fourth-order valence-corrected chi connectivity index (χ4v) is 2.16. The van der Waals surface area contributed by atoms with Crippen molar-refractivity contribution in [2.75, 3.05) is 33.2 Å². The molecule has 1 saturated heterocycles. The number of hydrogen-bond donors (Lipinski definition) is 0. The molecule has 2 heterocycles. The van der Waals surface area contributed by atoms with Gasteiger partial charge in [-0.1, -0.05) is 0 Å². The van der Waals surface area contributed by atoms with Crippen molar-refractivity contribution >= 4 is 15.9 Å². The highest BCUT2D eigenvalue weighted by atomic mass is 79.9. The molecule has 1 aromatic heterocycles. The summed E-state index contributed by atoms with van der Waals surface area (Å²) in [5.74, 6) is 2.03. The van der Waals surface area contributed by atoms with Crippen LogP contribution in [-0.4, -0.2) is 43.0 Å². The molecule has 0 saturated carbocycles. The van der Waals surface area contributed by atoms with Gasteiger partial charge in [0, 0.05) is 26.2 Å². The largest absolute Gasteiger partial charge is 0.464 e. The van der Waals surface area contributed by atoms with Gasteiger partial charge in [0.1, 0.15) is 11.5 Å². The van der Waals surface area contributed by atoms with E-state index in [4.69, 9.17) is 4.42 Å². The van der Waals surface area contributed by atoms with E-state index >= 15 is 0 Å². The Morgan fingerprint density at radius 2 is 2.00 bits per heavy atom. The van der Waals surface area contributed by atoms with Gasteiger partial charge >= 0.3 is 0 Å². The lowest BCUT2D eigenvalue weighted by Crippen LogP contribution is -2.43. The average molecular weight is 273 g/mol. The average Bonchev–Trinajstić information content (AvgIpc) is 2.50. The van der Waals surface area contributed by atoms with Crippen LogP contribution in [0.2, 0.25) is 0 Å². The van der Waals surface area contributed by atoms with Gasteiger partial charge in [0.15, 0.2) is 0 Å². The predicted octanol–water partition coefficient (Wildman–Crippen LogP) is 2.10. The Bertz CT molecular complexity index is 310. The normalized spacial score (nSPS) is 19.7. The zero-order valence-electron chi connectivity index (χ0n) is 9.29. The predicted molar refractivity (Wildman–Crippen MR) is 63.9 cm³/mol. The van der Waals surface area contributed by atoms with Crippen molar-refractivity contribution in [1.29, 1.82) is 0 Å². The third kappa shape index (κ3) is 2.83. The van der Waals surface area contributed by atoms with E-state index in [0.717, 1.165) is 48.7 Å². The van der Waals surface area contributed by atoms with Crippen LogP contribution < -0.4 is 0 Å². The van der Waals surface area contributed by atoms with Crippen LogP contribution in [0.25, 0.3) is 0 Å². The molecular weight excluding hydrogens is 256 g/mol. The van der Waals surface area contributed by atoms with Gasteiger partial charge in [-0.15, -0.1) is 0 Å². The number of furan rings is 1. The molecule has 2 rings (SSSR count). The Hall–Kier alpha value is -0.320. The van der Waals surface area contributed by atoms with Crippen LogP contribution in [-0.2, 0) is 6.54 Å². The molecular formula is C11H17BrN2O. The zero-order valence-corrected chi connectivity index (χ0v) is 10.9. The molecule has 0 amide bonds. The number of hydrogen-bond acceptors (Lipinski definition) is 3. The maximum Gasteiger partial charge on any atom is 0.119 e. The van der Waals surface area contributed by atoms with Crippen molar-refractivity contribution in [2.45, 2.75) is 13.5 Å². The van der Waals surface area contributed by atoms with Crippen LogP contribution >= 0.6 is 15.9 Å². The first kappa shape index (κ1) is 11.2. The molecule has 15 heavy (non-hydrogen) atoms. The molecule has 0 N–H and O–H groups in total. The van der Waals surface area contributed by atoms with Gasteiger partial charge in [-0.05, 0) is 36.0 Å². The Morgan fingerprint density at radius 1 is 1.33 bits per heavy atom. The number of nitrogens with zero attached hydrogens (tertiary/aromatic N) is 2. The Balaban J connectivity index is 1.91. The van der Waals surface area contributed by atoms with Gasteiger partial charge in [0.05, 0.1) is 11.0 Å². The smallest absolute Gasteiger partial charge is 0.119 e. The van der Waals surface area contributed by atoms with Crippen molar-refractivity contribution in [3.05, 3.63) is 22.1 Å². The van der Waals surface area contributed by atoms with Gasteiger partial charge in [0.2, 0.25) is 0 Å². The Kier molecular flexibility index (Phi) is 3.49. The number of likely N-dealkylation sites (N-methyl/N-ethyl adjacent to an activating group) is 1. The molecule has 0 aromatic carbocycles. The number of halogens is 1. The van der Waals surface area contributed by atoms with Crippen molar-refractivity contribution in [1.82, 2.24) is 9.80 Å². The molecule has 0 unspecified atom stereocenters. The van der Waals surface area contributed by atoms with Crippen molar-refractivity contribution in [3.8, 4) is 0 Å². The second-order valence-corrected chi connectivity index (χ2v) is 5.05. The summed E-state index contributed by atoms with van der Waals surface area (Å²) >= 11 is 3.47. The topological polar surface area (TPSA) is 19.6 Å². The highest BCUT2D eigenvalue weighted by Gasteiger charge is 2.15. The molecule has 4 heteroatoms. The fraction of sp³-hybridized carbons (Fsp3) is 0.636. The number of aryl methyl sites for hydroxylation is 1. The van der Waals surface area contributed by atoms with E-state index in [1.54, 1.807) is 0 Å². The van der Waals surface area contributed by atoms with Gasteiger partial charge in [-0.2, -0.15) is 0 Å². The van der Waals surface area contributed by atoms with E-state index < -0.39 is 0 Å². The molecule has 0 spiro atoms. The lowest BCUT2D eigenvalue weighted by atomic mass is 10.3. The summed E-state index contributed by atoms with van der Waals surface area (Å²) in [6.07, 6.45) is 0. The summed E-state index contributed by atoms with van der Waals surface area (Å²) in [4.78, 5) is 4.80. The minimum absolute atomic E-state index is 0.931. The molecule has 1 aliphatic rings. The second-order valence-electron chi connectivity index (χ2n) is 4.20. The summed E-state index contributed by atoms with van der Waals surface area (Å²) in [5.41, 5.74) is 0. The molecule has 0 radical (unpaired) electrons. The highest BCUT2D eigenvalue weighted by Crippen LogP contribution is 2.21. The summed E-state index contributed by atoms with van der Waals surface area (Å²) in [6, 6.07) is 2.08. The maximum atomic E-state index is 5.64. The summed E-state index contributed by atoms with van der Waals surface area (Å²) in [6.45, 7) is 7.49. The van der Waals surface area contributed by atoms with E-state index in [1.165, 1.54) is 0 Å². The first-order valence-electron chi connectivity index (χ1n) is 5.31. The molecule has 0 atom stereocenters. The van der Waals surface area contributed by atoms with Crippen LogP contribution in [0.3, 0.4) is 0 Å². The van der Waals surface area contributed by atoms with Crippen LogP contribution in [0.1, 0.15) is 11.5 Å². The maximum absolute atomic E-state index is 5.64. The first-order chi connectivity index (χ1) is 7.15. The van der Waals surface area contributed by atoms with Crippen LogP contribution in [0.15, 0.2) is 15.0 Å². The first-order valence-corrected chi connectivity index (χ1v) is 6.10. The van der Waals surface area contributed by atoms with Gasteiger partial charge in [-0.3, -0.25) is 4.90 Å². The second kappa shape index (κ2) is 4.68. The lowest BCUT2D eigenvalue weighted by Gasteiger charge is -2.31. The minimum atomic E-state index is 0.931. The lowest BCUT2D eigenvalue weighted by molar-refractivity contribution is 0.140. The molecule has 3 nitrogen and oxygen atoms in total. The van der Waals surface area contributed by atoms with Crippen molar-refractivity contribution in [3.63, 3.8) is 0 Å². The van der Waals surface area contributed by atoms with Crippen LogP contribution in [0.4, 0.5) is 0 Å². The fourth-order valence-electron chi connectivity index (χ4n) is 1.82. The van der Waals surface area contributed by atoms with Crippen molar-refractivity contribution < 1.29 is 4.42 Å². The van der Waals surface area contributed by atoms with Crippen molar-refractivity contribution in [2.24, 2.45) is 0 Å². The van der Waals surface area contributed by atoms with E-state index in [0.29, 0.717) is 0 Å². The Morgan fingerprint density at radius 3 is 2.53 bits per heavy atom. The molecule has 84 valence electrons. The van der Waals surface area contributed by atoms with E-state index in [9.17, 15) is 0 Å². The molecule has 1 aliphatic heterocycles. The van der Waals surface area contributed by atoms with E-state index in [-0.39, 0.29) is 0 Å². The number of rotatable bonds is 2. The molecule has 1 aromatic rings. The molecule has 1 fully saturated rings. The monoisotopic (exact) mass is 272 g/mol. The van der Waals surface area contributed by atoms with E-state index in [2.05, 4.69) is 38.8 Å². The summed E-state index contributed by atoms with van der Waals surface area (Å²) < 4.78 is 6.72. The third-order valence-electron chi connectivity index (χ3n) is 2.88. The molecule has 0 aliphatic carbocycles. The van der Waals surface area contributed by atoms with Gasteiger partial charge in [-0.25, -0.2) is 0 Å². The van der Waals surface area contributed by atoms with Crippen LogP contribution in [0, 0.1) is 6.92 Å². The zero-order chi connectivity index (χ0) is 10.8. The van der Waals surface area contributed by atoms with Gasteiger partial charge in [0.25, 0.3) is 0 Å². The number of piperazine rings is 1. The summed E-state index contributed by atoms with van der Waals surface area (Å²) in [7, 11) is 2.17. The standard InChI is InChI=1S/C11H17BrN2O/c1-9-11(12)7-10(15-9)8-14-5-3-13(2)4-6-14/h7H,3-6,8H2,1-2H3. The van der Waals surface area contributed by atoms with E-state index in [1.807, 2.05) is 6.92 Å². The molecule has 0 bridgehead atoms. The van der Waals surface area contributed by atoms with Gasteiger partial charge < -0.3 is 9.32 Å². The SMILES string of the molecule is Cc1oc(CN2CCN(C)CC2)cc1Br. The quantitative estimate of drug-likeness (QED) is 0.822. The third-order valence-corrected chi connectivity index (χ3v) is 3.67. The minimum Gasteiger partial charge on any atom is -0.464 e. The highest BCUT2D eigenvalue weighted by molar-refractivity contribution is 9.10. The Labute approximate surface area is 99.2 Å². The van der Waals surface area contributed by atoms with Crippen LogP contribution in [0.5, 0.6) is 0 Å².